The highest BCUT2D eigenvalue weighted by atomic mass is 15.0. The molecule has 0 saturated carbocycles. The number of hydrogen-bond donors (Lipinski definition) is 0. The minimum atomic E-state index is 1.07. The van der Waals surface area contributed by atoms with Gasteiger partial charge in [0, 0.05) is 56.7 Å². The van der Waals surface area contributed by atoms with Crippen molar-refractivity contribution in [1.29, 1.82) is 0 Å². The number of rotatable bonds is 12. The number of aromatic nitrogens is 2. The summed E-state index contributed by atoms with van der Waals surface area (Å²) in [7, 11) is 0. The Hall–Kier alpha value is -3.78. The molecule has 2 heteroatoms. The van der Waals surface area contributed by atoms with Crippen molar-refractivity contribution in [3.05, 3.63) is 103 Å². The average molecular weight is 527 g/mol. The summed E-state index contributed by atoms with van der Waals surface area (Å²) in [5.41, 5.74) is 8.82. The van der Waals surface area contributed by atoms with Crippen molar-refractivity contribution in [2.45, 2.75) is 78.3 Å². The summed E-state index contributed by atoms with van der Waals surface area (Å²) in [6, 6.07) is 31.7. The first-order valence-electron chi connectivity index (χ1n) is 15.4. The molecule has 40 heavy (non-hydrogen) atoms. The zero-order valence-electron chi connectivity index (χ0n) is 24.3. The van der Waals surface area contributed by atoms with Crippen LogP contribution in [0.4, 0.5) is 0 Å². The Morgan fingerprint density at radius 2 is 0.925 bits per heavy atom. The lowest BCUT2D eigenvalue weighted by molar-refractivity contribution is 0.602. The van der Waals surface area contributed by atoms with Crippen molar-refractivity contribution >= 4 is 49.2 Å². The first-order valence-corrected chi connectivity index (χ1v) is 15.4. The zero-order chi connectivity index (χ0) is 27.5. The van der Waals surface area contributed by atoms with Gasteiger partial charge in [0.25, 0.3) is 0 Å². The molecule has 0 aliphatic heterocycles. The third-order valence-electron chi connectivity index (χ3n) is 8.71. The normalized spacial score (nSPS) is 11.8. The molecular weight excluding hydrogens is 484 g/mol. The van der Waals surface area contributed by atoms with Crippen LogP contribution in [0.3, 0.4) is 0 Å². The van der Waals surface area contributed by atoms with Crippen molar-refractivity contribution in [3.8, 4) is 0 Å². The number of aryl methyl sites for hydroxylation is 2. The second kappa shape index (κ2) is 11.8. The minimum absolute atomic E-state index is 1.07. The summed E-state index contributed by atoms with van der Waals surface area (Å²) in [6.45, 7) is 11.3. The summed E-state index contributed by atoms with van der Waals surface area (Å²) in [4.78, 5) is 0. The molecule has 0 amide bonds. The lowest BCUT2D eigenvalue weighted by Gasteiger charge is -2.10. The van der Waals surface area contributed by atoms with Crippen LogP contribution in [-0.2, 0) is 13.1 Å². The van der Waals surface area contributed by atoms with E-state index in [-0.39, 0.29) is 0 Å². The molecule has 0 radical (unpaired) electrons. The Balaban J connectivity index is 1.37. The zero-order valence-corrected chi connectivity index (χ0v) is 24.3. The first kappa shape index (κ1) is 26.4. The van der Waals surface area contributed by atoms with Gasteiger partial charge >= 0.3 is 0 Å². The van der Waals surface area contributed by atoms with Crippen LogP contribution in [0.1, 0.15) is 76.3 Å². The Labute approximate surface area is 238 Å². The maximum absolute atomic E-state index is 4.61. The molecule has 0 unspecified atom stereocenters. The van der Waals surface area contributed by atoms with E-state index in [1.54, 1.807) is 0 Å². The molecule has 4 aromatic carbocycles. The lowest BCUT2D eigenvalue weighted by atomic mass is 9.96. The van der Waals surface area contributed by atoms with E-state index in [1.807, 2.05) is 0 Å². The summed E-state index contributed by atoms with van der Waals surface area (Å²) >= 11 is 0. The number of hydrogen-bond acceptors (Lipinski definition) is 0. The third kappa shape index (κ3) is 4.85. The molecule has 204 valence electrons. The van der Waals surface area contributed by atoms with Crippen molar-refractivity contribution in [2.24, 2.45) is 0 Å². The molecule has 0 atom stereocenters. The summed E-state index contributed by atoms with van der Waals surface area (Å²) in [5.74, 6) is 0. The van der Waals surface area contributed by atoms with Gasteiger partial charge in [-0.25, -0.2) is 0 Å². The van der Waals surface area contributed by atoms with Crippen molar-refractivity contribution < 1.29 is 0 Å². The monoisotopic (exact) mass is 526 g/mol. The fourth-order valence-corrected chi connectivity index (χ4v) is 6.52. The van der Waals surface area contributed by atoms with Gasteiger partial charge in [0.1, 0.15) is 0 Å². The van der Waals surface area contributed by atoms with Gasteiger partial charge in [-0.3, -0.25) is 0 Å². The number of unbranched alkanes of at least 4 members (excludes halogenated alkanes) is 6. The maximum atomic E-state index is 4.61. The van der Waals surface area contributed by atoms with E-state index >= 15 is 0 Å². The molecule has 2 nitrogen and oxygen atoms in total. The number of nitrogens with zero attached hydrogens (tertiary/aromatic N) is 2. The standard InChI is InChI=1S/C38H42N2/c1-4-6-8-14-24-39-35-18-12-10-16-31(35)33-26-29(20-22-37(33)39)28(3)30-21-23-38-34(27-30)32-17-11-13-19-36(32)40(38)25-15-9-7-5-2/h10-13,16-23,26-27H,3-9,14-15,24-25H2,1-2H3. The number of benzene rings is 4. The molecule has 0 saturated heterocycles. The third-order valence-corrected chi connectivity index (χ3v) is 8.71. The average Bonchev–Trinajstić information content (AvgIpc) is 3.49. The Kier molecular flexibility index (Phi) is 7.77. The van der Waals surface area contributed by atoms with E-state index in [0.29, 0.717) is 0 Å². The van der Waals surface area contributed by atoms with Gasteiger partial charge in [0.2, 0.25) is 0 Å². The van der Waals surface area contributed by atoms with Crippen LogP contribution in [0.2, 0.25) is 0 Å². The minimum Gasteiger partial charge on any atom is -0.340 e. The van der Waals surface area contributed by atoms with E-state index in [9.17, 15) is 0 Å². The molecule has 0 aliphatic rings. The van der Waals surface area contributed by atoms with Crippen LogP contribution in [0.25, 0.3) is 49.2 Å². The smallest absolute Gasteiger partial charge is 0.0491 e. The molecular formula is C38H42N2. The van der Waals surface area contributed by atoms with Crippen LogP contribution in [0.15, 0.2) is 91.5 Å². The van der Waals surface area contributed by atoms with Gasteiger partial charge in [0.05, 0.1) is 0 Å². The molecule has 0 bridgehead atoms. The molecule has 0 N–H and O–H groups in total. The second-order valence-electron chi connectivity index (χ2n) is 11.4. The molecule has 6 aromatic rings. The Bertz CT molecular complexity index is 1660. The fourth-order valence-electron chi connectivity index (χ4n) is 6.52. The SMILES string of the molecule is C=C(c1ccc2c(c1)c1ccccc1n2CCCCCC)c1ccc2c(c1)c1ccccc1n2CCCCCC. The highest BCUT2D eigenvalue weighted by Crippen LogP contribution is 2.36. The van der Waals surface area contributed by atoms with Crippen LogP contribution in [0, 0.1) is 0 Å². The van der Waals surface area contributed by atoms with Crippen LogP contribution >= 0.6 is 0 Å². The quantitative estimate of drug-likeness (QED) is 0.140. The van der Waals surface area contributed by atoms with Crippen LogP contribution < -0.4 is 0 Å². The Morgan fingerprint density at radius 1 is 0.500 bits per heavy atom. The summed E-state index contributed by atoms with van der Waals surface area (Å²) in [5, 5.41) is 5.33. The van der Waals surface area contributed by atoms with E-state index in [2.05, 4.69) is 114 Å². The van der Waals surface area contributed by atoms with E-state index in [0.717, 1.165) is 18.7 Å². The van der Waals surface area contributed by atoms with Gasteiger partial charge in [-0.15, -0.1) is 0 Å². The topological polar surface area (TPSA) is 9.86 Å². The molecule has 2 heterocycles. The van der Waals surface area contributed by atoms with Gasteiger partial charge in [-0.2, -0.15) is 0 Å². The molecule has 0 fully saturated rings. The largest absolute Gasteiger partial charge is 0.340 e. The van der Waals surface area contributed by atoms with Crippen molar-refractivity contribution in [2.75, 3.05) is 0 Å². The first-order chi connectivity index (χ1) is 19.7. The number of fused-ring (bicyclic) bond motifs is 6. The van der Waals surface area contributed by atoms with Gasteiger partial charge in [-0.05, 0) is 65.9 Å². The van der Waals surface area contributed by atoms with Crippen molar-refractivity contribution in [3.63, 3.8) is 0 Å². The maximum Gasteiger partial charge on any atom is 0.0491 e. The predicted octanol–water partition coefficient (Wildman–Crippen LogP) is 11.1. The Morgan fingerprint density at radius 3 is 1.38 bits per heavy atom. The van der Waals surface area contributed by atoms with Gasteiger partial charge < -0.3 is 9.13 Å². The molecule has 6 rings (SSSR count). The highest BCUT2D eigenvalue weighted by molar-refractivity contribution is 6.11. The van der Waals surface area contributed by atoms with Crippen LogP contribution in [0.5, 0.6) is 0 Å². The second-order valence-corrected chi connectivity index (χ2v) is 11.4. The van der Waals surface area contributed by atoms with Crippen molar-refractivity contribution in [1.82, 2.24) is 9.13 Å². The predicted molar refractivity (Wildman–Crippen MR) is 175 cm³/mol. The van der Waals surface area contributed by atoms with Crippen LogP contribution in [-0.4, -0.2) is 9.13 Å². The summed E-state index contributed by atoms with van der Waals surface area (Å²) in [6.07, 6.45) is 10.2. The highest BCUT2D eigenvalue weighted by Gasteiger charge is 2.15. The number of para-hydroxylation sites is 2. The molecule has 0 spiro atoms. The molecule has 0 aliphatic carbocycles. The lowest BCUT2D eigenvalue weighted by Crippen LogP contribution is -1.98. The molecule has 2 aromatic heterocycles. The van der Waals surface area contributed by atoms with E-state index in [1.165, 1.54) is 106 Å². The van der Waals surface area contributed by atoms with Gasteiger partial charge in [-0.1, -0.05) is 107 Å². The fraction of sp³-hybridized carbons (Fsp3) is 0.316. The van der Waals surface area contributed by atoms with E-state index in [4.69, 9.17) is 0 Å². The summed E-state index contributed by atoms with van der Waals surface area (Å²) < 4.78 is 5.04. The van der Waals surface area contributed by atoms with E-state index < -0.39 is 0 Å². The van der Waals surface area contributed by atoms with Gasteiger partial charge in [0.15, 0.2) is 0 Å².